The van der Waals surface area contributed by atoms with Gasteiger partial charge in [-0.25, -0.2) is 4.68 Å². The third kappa shape index (κ3) is 2.96. The number of hydrogen-bond donors (Lipinski definition) is 1. The number of aromatic nitrogens is 4. The van der Waals surface area contributed by atoms with E-state index in [4.69, 9.17) is 0 Å². The van der Waals surface area contributed by atoms with Crippen molar-refractivity contribution < 1.29 is 0 Å². The fourth-order valence-corrected chi connectivity index (χ4v) is 2.53. The van der Waals surface area contributed by atoms with Crippen LogP contribution in [-0.4, -0.2) is 26.0 Å². The number of hydrogen-bond acceptors (Lipinski definition) is 4. The first kappa shape index (κ1) is 14.2. The van der Waals surface area contributed by atoms with E-state index in [1.165, 1.54) is 0 Å². The average molecular weight is 346 g/mol. The highest BCUT2D eigenvalue weighted by molar-refractivity contribution is 9.10. The molecule has 0 aliphatic heterocycles. The Morgan fingerprint density at radius 1 is 1.29 bits per heavy atom. The molecule has 1 N–H and O–H groups in total. The maximum atomic E-state index is 4.52. The zero-order valence-corrected chi connectivity index (χ0v) is 13.5. The molecular formula is C15H16BrN5. The van der Waals surface area contributed by atoms with E-state index in [1.54, 1.807) is 12.4 Å². The molecule has 0 aliphatic rings. The molecule has 0 unspecified atom stereocenters. The summed E-state index contributed by atoms with van der Waals surface area (Å²) in [5, 5.41) is 12.7. The molecule has 0 atom stereocenters. The Kier molecular flexibility index (Phi) is 3.98. The molecule has 3 aromatic rings. The number of para-hydroxylation sites is 1. The van der Waals surface area contributed by atoms with Crippen molar-refractivity contribution in [3.05, 3.63) is 46.8 Å². The number of benzene rings is 1. The van der Waals surface area contributed by atoms with Gasteiger partial charge in [-0.1, -0.05) is 31.2 Å². The van der Waals surface area contributed by atoms with Gasteiger partial charge in [0.05, 0.1) is 23.1 Å². The highest BCUT2D eigenvalue weighted by atomic mass is 79.9. The average Bonchev–Trinajstić information content (AvgIpc) is 2.92. The van der Waals surface area contributed by atoms with Crippen LogP contribution < -0.4 is 5.32 Å². The van der Waals surface area contributed by atoms with E-state index in [-0.39, 0.29) is 0 Å². The van der Waals surface area contributed by atoms with Gasteiger partial charge in [-0.15, -0.1) is 5.10 Å². The number of fused-ring (bicyclic) bond motifs is 1. The van der Waals surface area contributed by atoms with E-state index < -0.39 is 0 Å². The SMILES string of the molecule is CC(C)NCc1cnnn1-c1cccc2cc(Br)cnc12. The third-order valence-electron chi connectivity index (χ3n) is 3.20. The Labute approximate surface area is 131 Å². The quantitative estimate of drug-likeness (QED) is 0.789. The summed E-state index contributed by atoms with van der Waals surface area (Å²) in [7, 11) is 0. The van der Waals surface area contributed by atoms with Crippen LogP contribution in [0.15, 0.2) is 41.1 Å². The van der Waals surface area contributed by atoms with Gasteiger partial charge in [-0.2, -0.15) is 0 Å². The molecule has 21 heavy (non-hydrogen) atoms. The van der Waals surface area contributed by atoms with Crippen molar-refractivity contribution in [1.82, 2.24) is 25.3 Å². The number of nitrogens with one attached hydrogen (secondary N) is 1. The molecule has 2 heterocycles. The maximum absolute atomic E-state index is 4.52. The van der Waals surface area contributed by atoms with Gasteiger partial charge in [0.15, 0.2) is 0 Å². The highest BCUT2D eigenvalue weighted by Gasteiger charge is 2.11. The molecule has 0 amide bonds. The van der Waals surface area contributed by atoms with Gasteiger partial charge in [0.1, 0.15) is 0 Å². The van der Waals surface area contributed by atoms with Crippen LogP contribution in [0.4, 0.5) is 0 Å². The lowest BCUT2D eigenvalue weighted by Gasteiger charge is -2.11. The molecule has 108 valence electrons. The molecule has 0 fully saturated rings. The summed E-state index contributed by atoms with van der Waals surface area (Å²) in [6.45, 7) is 4.95. The van der Waals surface area contributed by atoms with Crippen LogP contribution in [0.25, 0.3) is 16.6 Å². The van der Waals surface area contributed by atoms with Gasteiger partial charge in [0, 0.05) is 28.6 Å². The van der Waals surface area contributed by atoms with E-state index >= 15 is 0 Å². The minimum Gasteiger partial charge on any atom is -0.309 e. The predicted molar refractivity (Wildman–Crippen MR) is 86.3 cm³/mol. The molecule has 2 aromatic heterocycles. The van der Waals surface area contributed by atoms with Gasteiger partial charge >= 0.3 is 0 Å². The Morgan fingerprint density at radius 2 is 2.14 bits per heavy atom. The second kappa shape index (κ2) is 5.91. The van der Waals surface area contributed by atoms with Crippen molar-refractivity contribution >= 4 is 26.8 Å². The van der Waals surface area contributed by atoms with Gasteiger partial charge in [-0.3, -0.25) is 4.98 Å². The van der Waals surface area contributed by atoms with Crippen LogP contribution in [-0.2, 0) is 6.54 Å². The smallest absolute Gasteiger partial charge is 0.0960 e. The Hall–Kier alpha value is -1.79. The van der Waals surface area contributed by atoms with Gasteiger partial charge in [-0.05, 0) is 28.1 Å². The largest absolute Gasteiger partial charge is 0.309 e. The summed E-state index contributed by atoms with van der Waals surface area (Å²) < 4.78 is 2.81. The van der Waals surface area contributed by atoms with Crippen molar-refractivity contribution in [3.63, 3.8) is 0 Å². The first-order chi connectivity index (χ1) is 10.1. The summed E-state index contributed by atoms with van der Waals surface area (Å²) in [4.78, 5) is 4.52. The summed E-state index contributed by atoms with van der Waals surface area (Å²) in [5.74, 6) is 0. The highest BCUT2D eigenvalue weighted by Crippen LogP contribution is 2.23. The second-order valence-electron chi connectivity index (χ2n) is 5.18. The lowest BCUT2D eigenvalue weighted by Crippen LogP contribution is -2.23. The minimum atomic E-state index is 0.412. The number of nitrogens with zero attached hydrogens (tertiary/aromatic N) is 4. The van der Waals surface area contributed by atoms with E-state index in [0.717, 1.165) is 33.3 Å². The topological polar surface area (TPSA) is 55.6 Å². The van der Waals surface area contributed by atoms with Crippen molar-refractivity contribution in [1.29, 1.82) is 0 Å². The van der Waals surface area contributed by atoms with Crippen LogP contribution in [0.2, 0.25) is 0 Å². The maximum Gasteiger partial charge on any atom is 0.0960 e. The summed E-state index contributed by atoms with van der Waals surface area (Å²) >= 11 is 3.45. The molecule has 0 aliphatic carbocycles. The molecule has 0 saturated heterocycles. The summed E-state index contributed by atoms with van der Waals surface area (Å²) in [6, 6.07) is 8.52. The van der Waals surface area contributed by atoms with Crippen molar-refractivity contribution in [3.8, 4) is 5.69 Å². The molecule has 5 nitrogen and oxygen atoms in total. The van der Waals surface area contributed by atoms with E-state index in [9.17, 15) is 0 Å². The first-order valence-corrected chi connectivity index (χ1v) is 7.62. The third-order valence-corrected chi connectivity index (χ3v) is 3.63. The zero-order chi connectivity index (χ0) is 14.8. The Bertz CT molecular complexity index is 766. The van der Waals surface area contributed by atoms with Gasteiger partial charge < -0.3 is 5.32 Å². The zero-order valence-electron chi connectivity index (χ0n) is 11.9. The molecule has 0 saturated carbocycles. The summed E-state index contributed by atoms with van der Waals surface area (Å²) in [5.41, 5.74) is 2.87. The standard InChI is InChI=1S/C15H16BrN5/c1-10(2)17-8-13-9-19-20-21(13)14-5-3-4-11-6-12(16)7-18-15(11)14/h3-7,9-10,17H,8H2,1-2H3. The normalized spacial score (nSPS) is 11.4. The van der Waals surface area contributed by atoms with Crippen molar-refractivity contribution in [2.24, 2.45) is 0 Å². The molecule has 6 heteroatoms. The van der Waals surface area contributed by atoms with E-state index in [1.807, 2.05) is 22.9 Å². The lowest BCUT2D eigenvalue weighted by molar-refractivity contribution is 0.570. The van der Waals surface area contributed by atoms with Crippen LogP contribution in [0, 0.1) is 0 Å². The first-order valence-electron chi connectivity index (χ1n) is 6.83. The molecular weight excluding hydrogens is 330 g/mol. The van der Waals surface area contributed by atoms with Crippen molar-refractivity contribution in [2.45, 2.75) is 26.4 Å². The monoisotopic (exact) mass is 345 g/mol. The van der Waals surface area contributed by atoms with E-state index in [0.29, 0.717) is 6.04 Å². The van der Waals surface area contributed by atoms with E-state index in [2.05, 4.69) is 56.5 Å². The van der Waals surface area contributed by atoms with Crippen LogP contribution >= 0.6 is 15.9 Å². The van der Waals surface area contributed by atoms with Gasteiger partial charge in [0.2, 0.25) is 0 Å². The molecule has 3 rings (SSSR count). The lowest BCUT2D eigenvalue weighted by atomic mass is 10.2. The van der Waals surface area contributed by atoms with Crippen LogP contribution in [0.1, 0.15) is 19.5 Å². The number of pyridine rings is 1. The van der Waals surface area contributed by atoms with Crippen molar-refractivity contribution in [2.75, 3.05) is 0 Å². The Morgan fingerprint density at radius 3 is 2.95 bits per heavy atom. The molecule has 1 aromatic carbocycles. The number of rotatable bonds is 4. The van der Waals surface area contributed by atoms with Gasteiger partial charge in [0.25, 0.3) is 0 Å². The second-order valence-corrected chi connectivity index (χ2v) is 6.09. The fraction of sp³-hybridized carbons (Fsp3) is 0.267. The minimum absolute atomic E-state index is 0.412. The number of halogens is 1. The Balaban J connectivity index is 2.07. The molecule has 0 spiro atoms. The van der Waals surface area contributed by atoms with Crippen LogP contribution in [0.3, 0.4) is 0 Å². The summed E-state index contributed by atoms with van der Waals surface area (Å²) in [6.07, 6.45) is 3.59. The molecule has 0 bridgehead atoms. The molecule has 0 radical (unpaired) electrons. The fourth-order valence-electron chi connectivity index (χ4n) is 2.18. The predicted octanol–water partition coefficient (Wildman–Crippen LogP) is 3.08. The van der Waals surface area contributed by atoms with Crippen LogP contribution in [0.5, 0.6) is 0 Å².